The SMILES string of the molecule is COc1ccc(C)cc1CC(CCl)c1ccccc1F. The van der Waals surface area contributed by atoms with E-state index in [-0.39, 0.29) is 11.7 Å². The average Bonchev–Trinajstić information content (AvgIpc) is 2.46. The number of halogens is 2. The smallest absolute Gasteiger partial charge is 0.126 e. The second-order valence-electron chi connectivity index (χ2n) is 4.89. The molecule has 1 nitrogen and oxygen atoms in total. The number of methoxy groups -OCH3 is 1. The lowest BCUT2D eigenvalue weighted by molar-refractivity contribution is 0.408. The van der Waals surface area contributed by atoms with Gasteiger partial charge in [0.2, 0.25) is 0 Å². The Hall–Kier alpha value is -1.54. The molecule has 2 rings (SSSR count). The monoisotopic (exact) mass is 292 g/mol. The summed E-state index contributed by atoms with van der Waals surface area (Å²) < 4.78 is 19.3. The molecule has 0 aromatic heterocycles. The third-order valence-electron chi connectivity index (χ3n) is 3.43. The zero-order chi connectivity index (χ0) is 14.5. The van der Waals surface area contributed by atoms with Crippen LogP contribution in [0.3, 0.4) is 0 Å². The van der Waals surface area contributed by atoms with Crippen LogP contribution in [0.4, 0.5) is 4.39 Å². The first-order valence-corrected chi connectivity index (χ1v) is 7.13. The largest absolute Gasteiger partial charge is 0.496 e. The van der Waals surface area contributed by atoms with Gasteiger partial charge < -0.3 is 4.74 Å². The van der Waals surface area contributed by atoms with E-state index < -0.39 is 0 Å². The number of ether oxygens (including phenoxy) is 1. The molecule has 106 valence electrons. The summed E-state index contributed by atoms with van der Waals surface area (Å²) in [4.78, 5) is 0. The van der Waals surface area contributed by atoms with Crippen molar-refractivity contribution in [1.29, 1.82) is 0 Å². The molecule has 2 aromatic rings. The van der Waals surface area contributed by atoms with Crippen molar-refractivity contribution < 1.29 is 9.13 Å². The molecule has 20 heavy (non-hydrogen) atoms. The normalized spacial score (nSPS) is 12.2. The number of hydrogen-bond acceptors (Lipinski definition) is 1. The summed E-state index contributed by atoms with van der Waals surface area (Å²) in [7, 11) is 1.65. The Kier molecular flexibility index (Phi) is 5.02. The molecule has 0 aliphatic heterocycles. The predicted molar refractivity (Wildman–Crippen MR) is 81.3 cm³/mol. The van der Waals surface area contributed by atoms with Crippen molar-refractivity contribution in [3.63, 3.8) is 0 Å². The van der Waals surface area contributed by atoms with Gasteiger partial charge in [0.25, 0.3) is 0 Å². The first-order chi connectivity index (χ1) is 9.65. The lowest BCUT2D eigenvalue weighted by Gasteiger charge is -2.17. The predicted octanol–water partition coefficient (Wildman–Crippen LogP) is 4.71. The molecular formula is C17H18ClFO. The Bertz CT molecular complexity index is 583. The minimum Gasteiger partial charge on any atom is -0.496 e. The summed E-state index contributed by atoms with van der Waals surface area (Å²) in [6.45, 7) is 2.03. The van der Waals surface area contributed by atoms with Crippen LogP contribution in [-0.2, 0) is 6.42 Å². The zero-order valence-corrected chi connectivity index (χ0v) is 12.5. The molecule has 0 N–H and O–H groups in total. The number of benzene rings is 2. The highest BCUT2D eigenvalue weighted by Gasteiger charge is 2.17. The van der Waals surface area contributed by atoms with Crippen LogP contribution in [-0.4, -0.2) is 13.0 Å². The summed E-state index contributed by atoms with van der Waals surface area (Å²) in [5, 5.41) is 0. The van der Waals surface area contributed by atoms with Gasteiger partial charge in [-0.15, -0.1) is 11.6 Å². The fourth-order valence-corrected chi connectivity index (χ4v) is 2.66. The van der Waals surface area contributed by atoms with E-state index in [2.05, 4.69) is 6.07 Å². The van der Waals surface area contributed by atoms with Gasteiger partial charge >= 0.3 is 0 Å². The van der Waals surface area contributed by atoms with E-state index in [0.717, 1.165) is 16.9 Å². The highest BCUT2D eigenvalue weighted by atomic mass is 35.5. The van der Waals surface area contributed by atoms with Crippen LogP contribution in [0.15, 0.2) is 42.5 Å². The maximum Gasteiger partial charge on any atom is 0.126 e. The van der Waals surface area contributed by atoms with Crippen molar-refractivity contribution in [3.8, 4) is 5.75 Å². The van der Waals surface area contributed by atoms with Crippen LogP contribution in [0, 0.1) is 12.7 Å². The van der Waals surface area contributed by atoms with Crippen molar-refractivity contribution in [1.82, 2.24) is 0 Å². The van der Waals surface area contributed by atoms with Crippen molar-refractivity contribution >= 4 is 11.6 Å². The first kappa shape index (κ1) is 14.9. The zero-order valence-electron chi connectivity index (χ0n) is 11.7. The second-order valence-corrected chi connectivity index (χ2v) is 5.20. The lowest BCUT2D eigenvalue weighted by Crippen LogP contribution is -2.08. The first-order valence-electron chi connectivity index (χ1n) is 6.59. The molecule has 0 radical (unpaired) electrons. The second kappa shape index (κ2) is 6.76. The number of aryl methyl sites for hydroxylation is 1. The molecule has 2 aromatic carbocycles. The van der Waals surface area contributed by atoms with Crippen LogP contribution in [0.1, 0.15) is 22.6 Å². The molecule has 0 saturated carbocycles. The highest BCUT2D eigenvalue weighted by Crippen LogP contribution is 2.29. The summed E-state index contributed by atoms with van der Waals surface area (Å²) in [6, 6.07) is 12.8. The molecule has 1 atom stereocenters. The number of hydrogen-bond donors (Lipinski definition) is 0. The van der Waals surface area contributed by atoms with E-state index in [4.69, 9.17) is 16.3 Å². The Balaban J connectivity index is 2.31. The fourth-order valence-electron chi connectivity index (χ4n) is 2.39. The third-order valence-corrected chi connectivity index (χ3v) is 3.81. The van der Waals surface area contributed by atoms with Gasteiger partial charge in [0.05, 0.1) is 7.11 Å². The van der Waals surface area contributed by atoms with E-state index in [1.165, 1.54) is 6.07 Å². The van der Waals surface area contributed by atoms with Crippen molar-refractivity contribution in [2.45, 2.75) is 19.3 Å². The van der Waals surface area contributed by atoms with Gasteiger partial charge in [0.1, 0.15) is 11.6 Å². The van der Waals surface area contributed by atoms with Gasteiger partial charge in [-0.2, -0.15) is 0 Å². The Morgan fingerprint density at radius 1 is 1.20 bits per heavy atom. The standard InChI is InChI=1S/C17H18ClFO/c1-12-7-8-17(20-2)13(9-12)10-14(11-18)15-5-3-4-6-16(15)19/h3-9,14H,10-11H2,1-2H3. The molecule has 0 aliphatic carbocycles. The lowest BCUT2D eigenvalue weighted by atomic mass is 9.92. The molecule has 0 bridgehead atoms. The van der Waals surface area contributed by atoms with Gasteiger partial charge in [-0.05, 0) is 36.6 Å². The van der Waals surface area contributed by atoms with Gasteiger partial charge in [-0.3, -0.25) is 0 Å². The van der Waals surface area contributed by atoms with E-state index >= 15 is 0 Å². The molecule has 1 unspecified atom stereocenters. The van der Waals surface area contributed by atoms with Crippen LogP contribution in [0.25, 0.3) is 0 Å². The quantitative estimate of drug-likeness (QED) is 0.725. The minimum atomic E-state index is -0.204. The average molecular weight is 293 g/mol. The summed E-state index contributed by atoms with van der Waals surface area (Å²) >= 11 is 6.05. The summed E-state index contributed by atoms with van der Waals surface area (Å²) in [6.07, 6.45) is 0.662. The van der Waals surface area contributed by atoms with Crippen LogP contribution in [0.2, 0.25) is 0 Å². The maximum absolute atomic E-state index is 13.9. The highest BCUT2D eigenvalue weighted by molar-refractivity contribution is 6.18. The van der Waals surface area contributed by atoms with E-state index in [1.54, 1.807) is 19.2 Å². The van der Waals surface area contributed by atoms with E-state index in [9.17, 15) is 4.39 Å². The van der Waals surface area contributed by atoms with Crippen molar-refractivity contribution in [2.75, 3.05) is 13.0 Å². The van der Waals surface area contributed by atoms with Gasteiger partial charge in [0.15, 0.2) is 0 Å². The Labute approximate surface area is 124 Å². The van der Waals surface area contributed by atoms with Crippen molar-refractivity contribution in [3.05, 3.63) is 65.0 Å². The molecule has 3 heteroatoms. The molecule has 0 saturated heterocycles. The molecule has 0 heterocycles. The number of alkyl halides is 1. The van der Waals surface area contributed by atoms with Crippen LogP contribution in [0.5, 0.6) is 5.75 Å². The molecular weight excluding hydrogens is 275 g/mol. The van der Waals surface area contributed by atoms with Crippen molar-refractivity contribution in [2.24, 2.45) is 0 Å². The summed E-state index contributed by atoms with van der Waals surface area (Å²) in [5.74, 6) is 0.929. The Morgan fingerprint density at radius 3 is 2.60 bits per heavy atom. The van der Waals surface area contributed by atoms with Crippen LogP contribution >= 0.6 is 11.6 Å². The van der Waals surface area contributed by atoms with E-state index in [1.807, 2.05) is 25.1 Å². The van der Waals surface area contributed by atoms with Gasteiger partial charge in [0, 0.05) is 11.8 Å². The molecule has 0 amide bonds. The summed E-state index contributed by atoms with van der Waals surface area (Å²) in [5.41, 5.74) is 2.87. The van der Waals surface area contributed by atoms with Crippen LogP contribution < -0.4 is 4.74 Å². The Morgan fingerprint density at radius 2 is 1.95 bits per heavy atom. The maximum atomic E-state index is 13.9. The topological polar surface area (TPSA) is 9.23 Å². The molecule has 0 aliphatic rings. The third kappa shape index (κ3) is 3.31. The molecule has 0 fully saturated rings. The number of rotatable bonds is 5. The molecule has 0 spiro atoms. The minimum absolute atomic E-state index is 0.0615. The van der Waals surface area contributed by atoms with Gasteiger partial charge in [-0.25, -0.2) is 4.39 Å². The van der Waals surface area contributed by atoms with Gasteiger partial charge in [-0.1, -0.05) is 35.9 Å². The van der Waals surface area contributed by atoms with E-state index in [0.29, 0.717) is 17.9 Å². The fraction of sp³-hybridized carbons (Fsp3) is 0.294.